The van der Waals surface area contributed by atoms with Gasteiger partial charge in [-0.05, 0) is 50.0 Å². The van der Waals surface area contributed by atoms with Crippen LogP contribution in [0.2, 0.25) is 0 Å². The third-order valence-electron chi connectivity index (χ3n) is 3.61. The van der Waals surface area contributed by atoms with E-state index in [1.807, 2.05) is 7.05 Å². The SMILES string of the molecule is CNCc1ccc(CN(C)CCOCC2CC2)c(Br)c1. The standard InChI is InChI=1S/C16H25BrN2O/c1-18-10-14-5-6-15(16(17)9-14)11-19(2)7-8-20-12-13-3-4-13/h5-6,9,13,18H,3-4,7-8,10-12H2,1-2H3. The van der Waals surface area contributed by atoms with Gasteiger partial charge in [0.25, 0.3) is 0 Å². The summed E-state index contributed by atoms with van der Waals surface area (Å²) in [5.74, 6) is 0.856. The van der Waals surface area contributed by atoms with Crippen molar-refractivity contribution >= 4 is 15.9 Å². The molecule has 1 N–H and O–H groups in total. The molecule has 0 saturated heterocycles. The molecule has 1 fully saturated rings. The number of likely N-dealkylation sites (N-methyl/N-ethyl adjacent to an activating group) is 1. The van der Waals surface area contributed by atoms with Gasteiger partial charge in [-0.2, -0.15) is 0 Å². The molecule has 1 aliphatic rings. The number of nitrogens with one attached hydrogen (secondary N) is 1. The normalized spacial score (nSPS) is 15.0. The van der Waals surface area contributed by atoms with Gasteiger partial charge in [0.2, 0.25) is 0 Å². The zero-order valence-electron chi connectivity index (χ0n) is 12.5. The minimum Gasteiger partial charge on any atom is -0.380 e. The Bertz CT molecular complexity index is 421. The monoisotopic (exact) mass is 340 g/mol. The Balaban J connectivity index is 1.73. The van der Waals surface area contributed by atoms with Gasteiger partial charge in [0, 0.05) is 30.7 Å². The molecule has 0 radical (unpaired) electrons. The quantitative estimate of drug-likeness (QED) is 0.699. The van der Waals surface area contributed by atoms with Gasteiger partial charge in [0.05, 0.1) is 6.61 Å². The summed E-state index contributed by atoms with van der Waals surface area (Å²) in [6.45, 7) is 4.63. The van der Waals surface area contributed by atoms with Gasteiger partial charge >= 0.3 is 0 Å². The largest absolute Gasteiger partial charge is 0.380 e. The topological polar surface area (TPSA) is 24.5 Å². The fourth-order valence-corrected chi connectivity index (χ4v) is 2.71. The van der Waals surface area contributed by atoms with Crippen LogP contribution in [0.15, 0.2) is 22.7 Å². The van der Waals surface area contributed by atoms with E-state index in [2.05, 4.69) is 51.4 Å². The summed E-state index contributed by atoms with van der Waals surface area (Å²) in [4.78, 5) is 2.31. The third-order valence-corrected chi connectivity index (χ3v) is 4.34. The minimum atomic E-state index is 0.836. The summed E-state index contributed by atoms with van der Waals surface area (Å²) in [7, 11) is 4.12. The Kier molecular flexibility index (Phi) is 6.49. The minimum absolute atomic E-state index is 0.836. The molecule has 20 heavy (non-hydrogen) atoms. The molecule has 0 unspecified atom stereocenters. The number of ether oxygens (including phenoxy) is 1. The Morgan fingerprint density at radius 2 is 2.20 bits per heavy atom. The number of hydrogen-bond acceptors (Lipinski definition) is 3. The Labute approximate surface area is 130 Å². The Morgan fingerprint density at radius 3 is 2.85 bits per heavy atom. The Hall–Kier alpha value is -0.420. The van der Waals surface area contributed by atoms with E-state index in [-0.39, 0.29) is 0 Å². The van der Waals surface area contributed by atoms with Crippen LogP contribution in [-0.4, -0.2) is 38.8 Å². The van der Waals surface area contributed by atoms with E-state index in [9.17, 15) is 0 Å². The molecule has 0 atom stereocenters. The number of halogens is 1. The lowest BCUT2D eigenvalue weighted by Gasteiger charge is -2.18. The first-order chi connectivity index (χ1) is 9.69. The van der Waals surface area contributed by atoms with Gasteiger partial charge in [-0.3, -0.25) is 4.90 Å². The third kappa shape index (κ3) is 5.52. The second-order valence-corrected chi connectivity index (χ2v) is 6.57. The summed E-state index contributed by atoms with van der Waals surface area (Å²) in [6.07, 6.45) is 2.73. The highest BCUT2D eigenvalue weighted by molar-refractivity contribution is 9.10. The summed E-state index contributed by atoms with van der Waals surface area (Å²) in [5.41, 5.74) is 2.63. The van der Waals surface area contributed by atoms with Crippen LogP contribution in [0.3, 0.4) is 0 Å². The van der Waals surface area contributed by atoms with Crippen molar-refractivity contribution < 1.29 is 4.74 Å². The molecule has 0 bridgehead atoms. The molecule has 4 heteroatoms. The van der Waals surface area contributed by atoms with Crippen molar-refractivity contribution in [1.29, 1.82) is 0 Å². The van der Waals surface area contributed by atoms with Crippen LogP contribution < -0.4 is 5.32 Å². The number of nitrogens with zero attached hydrogens (tertiary/aromatic N) is 1. The highest BCUT2D eigenvalue weighted by atomic mass is 79.9. The number of hydrogen-bond donors (Lipinski definition) is 1. The zero-order valence-corrected chi connectivity index (χ0v) is 14.1. The Morgan fingerprint density at radius 1 is 1.40 bits per heavy atom. The number of benzene rings is 1. The zero-order chi connectivity index (χ0) is 14.4. The lowest BCUT2D eigenvalue weighted by atomic mass is 10.1. The van der Waals surface area contributed by atoms with Crippen molar-refractivity contribution in [2.24, 2.45) is 5.92 Å². The molecule has 0 heterocycles. The van der Waals surface area contributed by atoms with Crippen molar-refractivity contribution in [3.8, 4) is 0 Å². The van der Waals surface area contributed by atoms with E-state index in [1.165, 1.54) is 28.4 Å². The lowest BCUT2D eigenvalue weighted by molar-refractivity contribution is 0.102. The molecule has 2 rings (SSSR count). The predicted molar refractivity (Wildman–Crippen MR) is 86.8 cm³/mol. The fraction of sp³-hybridized carbons (Fsp3) is 0.625. The highest BCUT2D eigenvalue weighted by Gasteiger charge is 2.20. The van der Waals surface area contributed by atoms with Crippen molar-refractivity contribution in [1.82, 2.24) is 10.2 Å². The summed E-state index contributed by atoms with van der Waals surface area (Å²) in [6, 6.07) is 6.59. The smallest absolute Gasteiger partial charge is 0.0593 e. The van der Waals surface area contributed by atoms with Gasteiger partial charge in [-0.15, -0.1) is 0 Å². The maximum Gasteiger partial charge on any atom is 0.0593 e. The van der Waals surface area contributed by atoms with E-state index in [0.29, 0.717) is 0 Å². The lowest BCUT2D eigenvalue weighted by Crippen LogP contribution is -2.23. The van der Waals surface area contributed by atoms with Crippen LogP contribution in [0.25, 0.3) is 0 Å². The molecule has 0 aliphatic heterocycles. The van der Waals surface area contributed by atoms with E-state index in [4.69, 9.17) is 4.74 Å². The molecule has 0 amide bonds. The second-order valence-electron chi connectivity index (χ2n) is 5.71. The van der Waals surface area contributed by atoms with Crippen LogP contribution in [0, 0.1) is 5.92 Å². The van der Waals surface area contributed by atoms with Crippen molar-refractivity contribution in [2.75, 3.05) is 33.9 Å². The average Bonchev–Trinajstić information content (AvgIpc) is 3.22. The molecule has 1 saturated carbocycles. The van der Waals surface area contributed by atoms with E-state index in [0.717, 1.165) is 38.8 Å². The van der Waals surface area contributed by atoms with Crippen LogP contribution >= 0.6 is 15.9 Å². The second kappa shape index (κ2) is 8.13. The molecular formula is C16H25BrN2O. The highest BCUT2D eigenvalue weighted by Crippen LogP contribution is 2.28. The molecule has 1 aromatic carbocycles. The first kappa shape index (κ1) is 16.0. The van der Waals surface area contributed by atoms with Crippen molar-refractivity contribution in [2.45, 2.75) is 25.9 Å². The van der Waals surface area contributed by atoms with Crippen molar-refractivity contribution in [3.63, 3.8) is 0 Å². The van der Waals surface area contributed by atoms with E-state index in [1.54, 1.807) is 0 Å². The first-order valence-electron chi connectivity index (χ1n) is 7.37. The summed E-state index contributed by atoms with van der Waals surface area (Å²) < 4.78 is 6.88. The predicted octanol–water partition coefficient (Wildman–Crippen LogP) is 3.03. The summed E-state index contributed by atoms with van der Waals surface area (Å²) >= 11 is 3.67. The van der Waals surface area contributed by atoms with Crippen LogP contribution in [-0.2, 0) is 17.8 Å². The molecule has 1 aromatic rings. The molecule has 3 nitrogen and oxygen atoms in total. The molecule has 0 spiro atoms. The van der Waals surface area contributed by atoms with Gasteiger partial charge < -0.3 is 10.1 Å². The van der Waals surface area contributed by atoms with Crippen LogP contribution in [0.5, 0.6) is 0 Å². The first-order valence-corrected chi connectivity index (χ1v) is 8.16. The van der Waals surface area contributed by atoms with E-state index >= 15 is 0 Å². The van der Waals surface area contributed by atoms with Gasteiger partial charge in [0.15, 0.2) is 0 Å². The van der Waals surface area contributed by atoms with Gasteiger partial charge in [-0.1, -0.05) is 28.1 Å². The maximum atomic E-state index is 5.69. The molecule has 1 aliphatic carbocycles. The molecular weight excluding hydrogens is 316 g/mol. The molecule has 0 aromatic heterocycles. The van der Waals surface area contributed by atoms with Gasteiger partial charge in [0.1, 0.15) is 0 Å². The average molecular weight is 341 g/mol. The number of rotatable bonds is 9. The fourth-order valence-electron chi connectivity index (χ4n) is 2.16. The molecule has 112 valence electrons. The van der Waals surface area contributed by atoms with Crippen LogP contribution in [0.1, 0.15) is 24.0 Å². The van der Waals surface area contributed by atoms with E-state index < -0.39 is 0 Å². The maximum absolute atomic E-state index is 5.69. The summed E-state index contributed by atoms with van der Waals surface area (Å²) in [5, 5.41) is 3.17. The van der Waals surface area contributed by atoms with Crippen LogP contribution in [0.4, 0.5) is 0 Å². The van der Waals surface area contributed by atoms with Gasteiger partial charge in [-0.25, -0.2) is 0 Å². The van der Waals surface area contributed by atoms with Crippen molar-refractivity contribution in [3.05, 3.63) is 33.8 Å².